The van der Waals surface area contributed by atoms with Gasteiger partial charge in [-0.1, -0.05) is 6.07 Å². The molecule has 0 saturated heterocycles. The Kier molecular flexibility index (Phi) is 6.19. The number of hydrogen-bond acceptors (Lipinski definition) is 4. The zero-order chi connectivity index (χ0) is 16.9. The maximum Gasteiger partial charge on any atom is 0.416 e. The first-order valence-electron chi connectivity index (χ1n) is 6.26. The maximum absolute atomic E-state index is 12.8. The summed E-state index contributed by atoms with van der Waals surface area (Å²) in [4.78, 5) is 15.7. The molecule has 0 aromatic heterocycles. The summed E-state index contributed by atoms with van der Waals surface area (Å²) in [6.07, 6.45) is -3.29. The van der Waals surface area contributed by atoms with Gasteiger partial charge in [0.15, 0.2) is 0 Å². The van der Waals surface area contributed by atoms with E-state index in [1.807, 2.05) is 0 Å². The summed E-state index contributed by atoms with van der Waals surface area (Å²) >= 11 is 3.95. The second-order valence-electron chi connectivity index (χ2n) is 4.56. The number of alkyl halides is 3. The second kappa shape index (κ2) is 7.46. The smallest absolute Gasteiger partial charge is 0.325 e. The summed E-state index contributed by atoms with van der Waals surface area (Å²) in [5.41, 5.74) is 5.24. The number of aryl methyl sites for hydroxylation is 1. The lowest BCUT2D eigenvalue weighted by atomic mass is 10.1. The highest BCUT2D eigenvalue weighted by Gasteiger charge is 2.32. The average Bonchev–Trinajstić information content (AvgIpc) is 2.44. The molecule has 22 heavy (non-hydrogen) atoms. The molecule has 3 N–H and O–H groups in total. The molecule has 0 spiro atoms. The van der Waals surface area contributed by atoms with E-state index in [4.69, 9.17) is 5.73 Å². The molecule has 0 aliphatic heterocycles. The van der Waals surface area contributed by atoms with Gasteiger partial charge in [0.25, 0.3) is 5.91 Å². The molecule has 1 aromatic carbocycles. The summed E-state index contributed by atoms with van der Waals surface area (Å²) in [6, 6.07) is 3.55. The van der Waals surface area contributed by atoms with Crippen molar-refractivity contribution in [2.45, 2.75) is 20.0 Å². The fourth-order valence-corrected chi connectivity index (χ4v) is 1.60. The summed E-state index contributed by atoms with van der Waals surface area (Å²) in [5.74, 6) is -0.658. The number of amides is 1. The Morgan fingerprint density at radius 1 is 1.45 bits per heavy atom. The van der Waals surface area contributed by atoms with Gasteiger partial charge >= 0.3 is 6.18 Å². The number of nitrogens with zero attached hydrogens (tertiary/aromatic N) is 1. The summed E-state index contributed by atoms with van der Waals surface area (Å²) in [5, 5.41) is 2.34. The monoisotopic (exact) mass is 331 g/mol. The minimum atomic E-state index is -4.48. The van der Waals surface area contributed by atoms with Crippen molar-refractivity contribution in [3.63, 3.8) is 0 Å². The highest BCUT2D eigenvalue weighted by molar-refractivity contribution is 7.85. The van der Waals surface area contributed by atoms with E-state index in [1.165, 1.54) is 25.3 Å². The Morgan fingerprint density at radius 2 is 2.09 bits per heavy atom. The number of nitrogens with one attached hydrogen (secondary N) is 1. The Morgan fingerprint density at radius 3 is 2.64 bits per heavy atom. The highest BCUT2D eigenvalue weighted by atomic mass is 32.1. The predicted octanol–water partition coefficient (Wildman–Crippen LogP) is 3.14. The van der Waals surface area contributed by atoms with Crippen molar-refractivity contribution in [3.8, 4) is 0 Å². The predicted molar refractivity (Wildman–Crippen MR) is 84.0 cm³/mol. The number of rotatable bonds is 4. The molecule has 8 heteroatoms. The lowest BCUT2D eigenvalue weighted by Crippen LogP contribution is -2.14. The normalized spacial score (nSPS) is 13.2. The van der Waals surface area contributed by atoms with E-state index in [0.717, 1.165) is 6.07 Å². The molecule has 120 valence electrons. The fourth-order valence-electron chi connectivity index (χ4n) is 1.48. The quantitative estimate of drug-likeness (QED) is 0.451. The van der Waals surface area contributed by atoms with Crippen LogP contribution < -0.4 is 11.1 Å². The van der Waals surface area contributed by atoms with E-state index >= 15 is 0 Å². The Labute approximate surface area is 131 Å². The molecule has 0 radical (unpaired) electrons. The summed E-state index contributed by atoms with van der Waals surface area (Å²) in [7, 11) is 0. The van der Waals surface area contributed by atoms with Crippen LogP contribution in [0.4, 0.5) is 18.9 Å². The van der Waals surface area contributed by atoms with Gasteiger partial charge < -0.3 is 11.1 Å². The van der Waals surface area contributed by atoms with Crippen LogP contribution in [0.5, 0.6) is 0 Å². The van der Waals surface area contributed by atoms with E-state index in [-0.39, 0.29) is 22.7 Å². The Bertz CT molecular complexity index is 624. The van der Waals surface area contributed by atoms with Crippen molar-refractivity contribution >= 4 is 29.9 Å². The van der Waals surface area contributed by atoms with Gasteiger partial charge in [0, 0.05) is 24.1 Å². The number of halogens is 3. The van der Waals surface area contributed by atoms with Crippen LogP contribution in [0, 0.1) is 6.92 Å². The number of carbonyl (C=O) groups excluding carboxylic acids is 1. The Balaban J connectivity index is 2.94. The molecule has 0 atom stereocenters. The molecule has 0 aliphatic carbocycles. The number of carbonyl (C=O) groups is 1. The van der Waals surface area contributed by atoms with Crippen LogP contribution in [0.25, 0.3) is 0 Å². The van der Waals surface area contributed by atoms with Crippen molar-refractivity contribution in [1.82, 2.24) is 0 Å². The first-order chi connectivity index (χ1) is 10.1. The first kappa shape index (κ1) is 18.2. The van der Waals surface area contributed by atoms with Crippen LogP contribution in [-0.4, -0.2) is 18.2 Å². The van der Waals surface area contributed by atoms with E-state index in [2.05, 4.69) is 22.9 Å². The maximum atomic E-state index is 12.8. The standard InChI is InChI=1S/C14H16F3N3OS/c1-8-3-4-10(5-11(8)14(15,16)17)20-13(21)12(22)7-19-9(2)6-18/h3-5,7,22H,6,18H2,1-2H3,(H,20,21)/b12-7-,19-9?. The lowest BCUT2D eigenvalue weighted by Gasteiger charge is -2.12. The van der Waals surface area contributed by atoms with E-state index in [9.17, 15) is 18.0 Å². The van der Waals surface area contributed by atoms with Crippen LogP contribution in [0.1, 0.15) is 18.1 Å². The molecular weight excluding hydrogens is 315 g/mol. The van der Waals surface area contributed by atoms with E-state index in [1.54, 1.807) is 6.92 Å². The topological polar surface area (TPSA) is 67.5 Å². The van der Waals surface area contributed by atoms with Gasteiger partial charge in [-0.25, -0.2) is 0 Å². The van der Waals surface area contributed by atoms with Crippen LogP contribution in [-0.2, 0) is 11.0 Å². The SMILES string of the molecule is CC(CN)=N/C=C(\S)C(=O)Nc1ccc(C)c(C(F)(F)F)c1. The summed E-state index contributed by atoms with van der Waals surface area (Å²) in [6.45, 7) is 3.25. The van der Waals surface area contributed by atoms with Crippen LogP contribution >= 0.6 is 12.6 Å². The van der Waals surface area contributed by atoms with Crippen LogP contribution in [0.2, 0.25) is 0 Å². The molecular formula is C14H16F3N3OS. The van der Waals surface area contributed by atoms with Gasteiger partial charge in [0.2, 0.25) is 0 Å². The van der Waals surface area contributed by atoms with Crippen LogP contribution in [0.3, 0.4) is 0 Å². The van der Waals surface area contributed by atoms with E-state index < -0.39 is 17.6 Å². The second-order valence-corrected chi connectivity index (χ2v) is 5.05. The third-order valence-corrected chi connectivity index (χ3v) is 3.05. The molecule has 0 aliphatic rings. The minimum absolute atomic E-state index is 0.0300. The molecule has 1 rings (SSSR count). The van der Waals surface area contributed by atoms with Gasteiger partial charge in [0.05, 0.1) is 10.5 Å². The number of hydrogen-bond donors (Lipinski definition) is 3. The number of nitrogens with two attached hydrogens (primary N) is 1. The van der Waals surface area contributed by atoms with Crippen molar-refractivity contribution < 1.29 is 18.0 Å². The largest absolute Gasteiger partial charge is 0.416 e. The minimum Gasteiger partial charge on any atom is -0.325 e. The molecule has 0 bridgehead atoms. The third-order valence-electron chi connectivity index (χ3n) is 2.74. The number of thiol groups is 1. The van der Waals surface area contributed by atoms with Gasteiger partial charge in [-0.3, -0.25) is 9.79 Å². The first-order valence-corrected chi connectivity index (χ1v) is 6.71. The van der Waals surface area contributed by atoms with E-state index in [0.29, 0.717) is 5.71 Å². The molecule has 1 aromatic rings. The highest BCUT2D eigenvalue weighted by Crippen LogP contribution is 2.33. The van der Waals surface area contributed by atoms with Gasteiger partial charge in [-0.2, -0.15) is 13.2 Å². The van der Waals surface area contributed by atoms with Crippen molar-refractivity contribution in [3.05, 3.63) is 40.4 Å². The van der Waals surface area contributed by atoms with Crippen molar-refractivity contribution in [2.75, 3.05) is 11.9 Å². The zero-order valence-corrected chi connectivity index (χ0v) is 12.9. The van der Waals surface area contributed by atoms with Gasteiger partial charge in [-0.05, 0) is 31.5 Å². The molecule has 1 amide bonds. The summed E-state index contributed by atoms with van der Waals surface area (Å²) < 4.78 is 38.4. The lowest BCUT2D eigenvalue weighted by molar-refractivity contribution is -0.138. The van der Waals surface area contributed by atoms with Gasteiger partial charge in [0.1, 0.15) is 0 Å². The molecule has 0 fully saturated rings. The Hall–Kier alpha value is -1.80. The van der Waals surface area contributed by atoms with Crippen molar-refractivity contribution in [1.29, 1.82) is 0 Å². The zero-order valence-electron chi connectivity index (χ0n) is 12.0. The molecule has 0 saturated carbocycles. The fraction of sp³-hybridized carbons (Fsp3) is 0.286. The molecule has 4 nitrogen and oxygen atoms in total. The molecule has 0 unspecified atom stereocenters. The third kappa shape index (κ3) is 5.19. The number of aliphatic imine (C=N–C) groups is 1. The van der Waals surface area contributed by atoms with Crippen molar-refractivity contribution in [2.24, 2.45) is 10.7 Å². The number of anilines is 1. The van der Waals surface area contributed by atoms with Crippen LogP contribution in [0.15, 0.2) is 34.3 Å². The average molecular weight is 331 g/mol. The number of benzene rings is 1. The molecule has 0 heterocycles. The van der Waals surface area contributed by atoms with Gasteiger partial charge in [-0.15, -0.1) is 12.6 Å².